The molecule has 2 N–H and O–H groups in total. The van der Waals surface area contributed by atoms with Crippen LogP contribution in [0.2, 0.25) is 0 Å². The maximum Gasteiger partial charge on any atom is 0.344 e. The number of anilines is 3. The van der Waals surface area contributed by atoms with Crippen LogP contribution in [-0.2, 0) is 14.3 Å². The van der Waals surface area contributed by atoms with Gasteiger partial charge in [-0.3, -0.25) is 4.79 Å². The molecule has 0 aromatic heterocycles. The summed E-state index contributed by atoms with van der Waals surface area (Å²) in [4.78, 5) is 24.0. The van der Waals surface area contributed by atoms with Gasteiger partial charge in [-0.25, -0.2) is 9.18 Å². The minimum Gasteiger partial charge on any atom is -0.482 e. The molecule has 154 valence electrons. The average Bonchev–Trinajstić information content (AvgIpc) is 2.75. The number of ether oxygens (including phenoxy) is 2. The van der Waals surface area contributed by atoms with Crippen molar-refractivity contribution < 1.29 is 23.5 Å². The van der Waals surface area contributed by atoms with Gasteiger partial charge >= 0.3 is 5.97 Å². The fourth-order valence-electron chi connectivity index (χ4n) is 2.53. The molecule has 0 fully saturated rings. The number of amides is 1. The Bertz CT molecular complexity index is 976. The fraction of sp³-hybridized carbons (Fsp3) is 0.130. The summed E-state index contributed by atoms with van der Waals surface area (Å²) in [6, 6.07) is 22.1. The first kappa shape index (κ1) is 20.9. The first-order valence-corrected chi connectivity index (χ1v) is 9.30. The maximum absolute atomic E-state index is 12.9. The van der Waals surface area contributed by atoms with E-state index in [-0.39, 0.29) is 6.61 Å². The van der Waals surface area contributed by atoms with Gasteiger partial charge in [-0.15, -0.1) is 0 Å². The summed E-state index contributed by atoms with van der Waals surface area (Å²) in [7, 11) is 0. The van der Waals surface area contributed by atoms with Crippen molar-refractivity contribution in [1.29, 1.82) is 0 Å². The Morgan fingerprint density at radius 1 is 0.867 bits per heavy atom. The average molecular weight is 408 g/mol. The van der Waals surface area contributed by atoms with Gasteiger partial charge in [0.25, 0.3) is 5.91 Å². The number of para-hydroxylation sites is 1. The first-order chi connectivity index (χ1) is 14.5. The molecule has 3 aromatic carbocycles. The van der Waals surface area contributed by atoms with E-state index in [1.807, 2.05) is 42.5 Å². The Morgan fingerprint density at radius 3 is 2.13 bits per heavy atom. The number of halogens is 1. The molecule has 30 heavy (non-hydrogen) atoms. The molecule has 0 heterocycles. The van der Waals surface area contributed by atoms with Crippen LogP contribution in [0.1, 0.15) is 6.92 Å². The SMILES string of the molecule is C[C@@H](OC(=O)COc1ccc(Nc2ccccc2)cc1)C(=O)Nc1ccc(F)cc1. The van der Waals surface area contributed by atoms with Crippen LogP contribution >= 0.6 is 0 Å². The van der Waals surface area contributed by atoms with Crippen LogP contribution in [-0.4, -0.2) is 24.6 Å². The molecule has 0 aliphatic carbocycles. The number of hydrogen-bond acceptors (Lipinski definition) is 5. The lowest BCUT2D eigenvalue weighted by Gasteiger charge is -2.14. The van der Waals surface area contributed by atoms with Crippen molar-refractivity contribution in [3.8, 4) is 5.75 Å². The monoisotopic (exact) mass is 408 g/mol. The molecule has 1 atom stereocenters. The number of hydrogen-bond donors (Lipinski definition) is 2. The van der Waals surface area contributed by atoms with E-state index in [1.54, 1.807) is 12.1 Å². The lowest BCUT2D eigenvalue weighted by molar-refractivity contribution is -0.155. The van der Waals surface area contributed by atoms with E-state index in [9.17, 15) is 14.0 Å². The summed E-state index contributed by atoms with van der Waals surface area (Å²) in [6.07, 6.45) is -1.02. The van der Waals surface area contributed by atoms with Gasteiger partial charge in [0.1, 0.15) is 11.6 Å². The molecule has 3 rings (SSSR count). The number of carbonyl (C=O) groups is 2. The van der Waals surface area contributed by atoms with Gasteiger partial charge < -0.3 is 20.1 Å². The van der Waals surface area contributed by atoms with E-state index in [0.717, 1.165) is 11.4 Å². The molecule has 0 aliphatic rings. The lowest BCUT2D eigenvalue weighted by atomic mass is 10.2. The summed E-state index contributed by atoms with van der Waals surface area (Å²) in [5, 5.41) is 5.79. The third-order valence-electron chi connectivity index (χ3n) is 4.06. The second-order valence-electron chi connectivity index (χ2n) is 6.43. The highest BCUT2D eigenvalue weighted by Gasteiger charge is 2.18. The predicted octanol–water partition coefficient (Wildman–Crippen LogP) is 4.52. The summed E-state index contributed by atoms with van der Waals surface area (Å²) in [5.74, 6) is -1.11. The molecule has 0 unspecified atom stereocenters. The zero-order valence-electron chi connectivity index (χ0n) is 16.3. The first-order valence-electron chi connectivity index (χ1n) is 9.30. The smallest absolute Gasteiger partial charge is 0.344 e. The van der Waals surface area contributed by atoms with Gasteiger partial charge in [0.2, 0.25) is 0 Å². The highest BCUT2D eigenvalue weighted by molar-refractivity contribution is 5.95. The molecule has 3 aromatic rings. The number of esters is 1. The molecule has 0 saturated carbocycles. The van der Waals surface area contributed by atoms with E-state index >= 15 is 0 Å². The van der Waals surface area contributed by atoms with Crippen LogP contribution < -0.4 is 15.4 Å². The number of nitrogens with one attached hydrogen (secondary N) is 2. The van der Waals surface area contributed by atoms with E-state index in [0.29, 0.717) is 11.4 Å². The third-order valence-corrected chi connectivity index (χ3v) is 4.06. The summed E-state index contributed by atoms with van der Waals surface area (Å²) >= 11 is 0. The fourth-order valence-corrected chi connectivity index (χ4v) is 2.53. The van der Waals surface area contributed by atoms with Gasteiger partial charge in [-0.05, 0) is 67.6 Å². The van der Waals surface area contributed by atoms with Gasteiger partial charge in [0.15, 0.2) is 12.7 Å². The van der Waals surface area contributed by atoms with Crippen molar-refractivity contribution >= 4 is 28.9 Å². The van der Waals surface area contributed by atoms with E-state index in [1.165, 1.54) is 31.2 Å². The quantitative estimate of drug-likeness (QED) is 0.536. The van der Waals surface area contributed by atoms with Crippen molar-refractivity contribution in [2.75, 3.05) is 17.2 Å². The lowest BCUT2D eigenvalue weighted by Crippen LogP contribution is -2.31. The molecular weight excluding hydrogens is 387 g/mol. The maximum atomic E-state index is 12.9. The molecule has 0 aliphatic heterocycles. The zero-order valence-corrected chi connectivity index (χ0v) is 16.3. The third kappa shape index (κ3) is 6.34. The van der Waals surface area contributed by atoms with E-state index in [2.05, 4.69) is 10.6 Å². The molecular formula is C23H21FN2O4. The molecule has 0 spiro atoms. The Morgan fingerprint density at radius 2 is 1.47 bits per heavy atom. The van der Waals surface area contributed by atoms with Gasteiger partial charge in [0.05, 0.1) is 0 Å². The summed E-state index contributed by atoms with van der Waals surface area (Å²) in [6.45, 7) is 1.11. The Labute approximate surface area is 173 Å². The minimum absolute atomic E-state index is 0.334. The molecule has 0 radical (unpaired) electrons. The Hall–Kier alpha value is -3.87. The number of rotatable bonds is 8. The second kappa shape index (κ2) is 10.1. The predicted molar refractivity (Wildman–Crippen MR) is 112 cm³/mol. The van der Waals surface area contributed by atoms with Crippen LogP contribution in [0, 0.1) is 5.82 Å². The molecule has 7 heteroatoms. The largest absolute Gasteiger partial charge is 0.482 e. The highest BCUT2D eigenvalue weighted by atomic mass is 19.1. The van der Waals surface area contributed by atoms with Crippen LogP contribution in [0.5, 0.6) is 5.75 Å². The van der Waals surface area contributed by atoms with Crippen molar-refractivity contribution in [2.24, 2.45) is 0 Å². The van der Waals surface area contributed by atoms with Crippen molar-refractivity contribution in [1.82, 2.24) is 0 Å². The van der Waals surface area contributed by atoms with Gasteiger partial charge in [-0.2, -0.15) is 0 Å². The van der Waals surface area contributed by atoms with E-state index in [4.69, 9.17) is 9.47 Å². The number of carbonyl (C=O) groups excluding carboxylic acids is 2. The molecule has 6 nitrogen and oxygen atoms in total. The standard InChI is InChI=1S/C23H21FN2O4/c1-16(23(28)26-20-9-7-17(24)8-10-20)30-22(27)15-29-21-13-11-19(12-14-21)25-18-5-3-2-4-6-18/h2-14,16,25H,15H2,1H3,(H,26,28)/t16-/m1/s1. The topological polar surface area (TPSA) is 76.7 Å². The normalized spacial score (nSPS) is 11.3. The second-order valence-corrected chi connectivity index (χ2v) is 6.43. The highest BCUT2D eigenvalue weighted by Crippen LogP contribution is 2.20. The molecule has 0 bridgehead atoms. The summed E-state index contributed by atoms with van der Waals surface area (Å²) in [5.41, 5.74) is 2.25. The van der Waals surface area contributed by atoms with Crippen LogP contribution in [0.3, 0.4) is 0 Å². The van der Waals surface area contributed by atoms with Crippen molar-refractivity contribution in [3.05, 3.63) is 84.7 Å². The van der Waals surface area contributed by atoms with Crippen LogP contribution in [0.4, 0.5) is 21.5 Å². The minimum atomic E-state index is -1.02. The van der Waals surface area contributed by atoms with Gasteiger partial charge in [0, 0.05) is 17.1 Å². The molecule has 1 amide bonds. The Balaban J connectivity index is 1.43. The van der Waals surface area contributed by atoms with Crippen molar-refractivity contribution in [3.63, 3.8) is 0 Å². The van der Waals surface area contributed by atoms with Crippen LogP contribution in [0.15, 0.2) is 78.9 Å². The van der Waals surface area contributed by atoms with Gasteiger partial charge in [-0.1, -0.05) is 18.2 Å². The zero-order chi connectivity index (χ0) is 21.3. The van der Waals surface area contributed by atoms with Crippen molar-refractivity contribution in [2.45, 2.75) is 13.0 Å². The molecule has 0 saturated heterocycles. The Kier molecular flexibility index (Phi) is 7.00. The van der Waals surface area contributed by atoms with Crippen LogP contribution in [0.25, 0.3) is 0 Å². The van der Waals surface area contributed by atoms with E-state index < -0.39 is 23.8 Å². The summed E-state index contributed by atoms with van der Waals surface area (Å²) < 4.78 is 23.4. The number of benzene rings is 3.